The summed E-state index contributed by atoms with van der Waals surface area (Å²) in [4.78, 5) is 16.6. The van der Waals surface area contributed by atoms with Gasteiger partial charge in [0.2, 0.25) is 10.0 Å². The molecule has 2 aromatic rings. The fourth-order valence-corrected chi connectivity index (χ4v) is 7.02. The van der Waals surface area contributed by atoms with Gasteiger partial charge < -0.3 is 4.90 Å². The molecule has 0 bridgehead atoms. The van der Waals surface area contributed by atoms with E-state index in [1.165, 1.54) is 10.4 Å². The van der Waals surface area contributed by atoms with E-state index in [1.54, 1.807) is 39.9 Å². The summed E-state index contributed by atoms with van der Waals surface area (Å²) in [6.45, 7) is 5.21. The molecule has 0 radical (unpaired) electrons. The summed E-state index contributed by atoms with van der Waals surface area (Å²) in [5.74, 6) is -0.104. The fraction of sp³-hybridized carbons (Fsp3) is 0.476. The van der Waals surface area contributed by atoms with Gasteiger partial charge in [-0.1, -0.05) is 12.5 Å². The molecule has 3 heterocycles. The second kappa shape index (κ2) is 7.61. The lowest BCUT2D eigenvalue weighted by Gasteiger charge is -2.34. The Balaban J connectivity index is 1.61. The number of hydrogen-bond donors (Lipinski definition) is 0. The molecule has 0 N–H and O–H groups in total. The fourth-order valence-electron chi connectivity index (χ4n) is 4.31. The van der Waals surface area contributed by atoms with Gasteiger partial charge in [-0.3, -0.25) is 4.79 Å². The molecular formula is C21H26N2O3S2. The van der Waals surface area contributed by atoms with Crippen LogP contribution in [0, 0.1) is 0 Å². The molecule has 0 spiro atoms. The van der Waals surface area contributed by atoms with E-state index in [4.69, 9.17) is 0 Å². The van der Waals surface area contributed by atoms with Crippen molar-refractivity contribution in [2.45, 2.75) is 56.5 Å². The quantitative estimate of drug-likeness (QED) is 0.755. The standard InChI is InChI=1S/C21H26N2O3S2/c1-15-6-3-4-11-23(15)28(25,26)18-8-5-7-17(14-18)21(24)22-12-9-20-19(16(22)2)10-13-27-20/h5,7-8,10,13-16H,3-4,6,9,11-12H2,1-2H3/t15-,16-/m0/s1. The summed E-state index contributed by atoms with van der Waals surface area (Å²) in [5, 5.41) is 2.07. The summed E-state index contributed by atoms with van der Waals surface area (Å²) in [5.41, 5.74) is 1.65. The van der Waals surface area contributed by atoms with Crippen LogP contribution in [0.1, 0.15) is 60.0 Å². The Morgan fingerprint density at radius 1 is 1.14 bits per heavy atom. The minimum absolute atomic E-state index is 0.00256. The van der Waals surface area contributed by atoms with Crippen LogP contribution in [0.3, 0.4) is 0 Å². The second-order valence-corrected chi connectivity index (χ2v) is 10.6. The highest BCUT2D eigenvalue weighted by molar-refractivity contribution is 7.89. The number of carbonyl (C=O) groups excluding carboxylic acids is 1. The molecule has 2 aliphatic rings. The van der Waals surface area contributed by atoms with E-state index in [9.17, 15) is 13.2 Å². The molecule has 1 aromatic carbocycles. The topological polar surface area (TPSA) is 57.7 Å². The molecule has 2 atom stereocenters. The van der Waals surface area contributed by atoms with Gasteiger partial charge in [0, 0.05) is 29.6 Å². The zero-order valence-corrected chi connectivity index (χ0v) is 17.9. The summed E-state index contributed by atoms with van der Waals surface area (Å²) in [6, 6.07) is 8.64. The number of rotatable bonds is 3. The Bertz CT molecular complexity index is 983. The van der Waals surface area contributed by atoms with Gasteiger partial charge in [0.1, 0.15) is 0 Å². The Morgan fingerprint density at radius 2 is 1.96 bits per heavy atom. The van der Waals surface area contributed by atoms with Crippen LogP contribution in [0.2, 0.25) is 0 Å². The van der Waals surface area contributed by atoms with E-state index >= 15 is 0 Å². The van der Waals surface area contributed by atoms with Crippen molar-refractivity contribution in [2.75, 3.05) is 13.1 Å². The molecule has 0 saturated carbocycles. The van der Waals surface area contributed by atoms with E-state index in [-0.39, 0.29) is 22.9 Å². The average molecular weight is 419 g/mol. The average Bonchev–Trinajstić information content (AvgIpc) is 3.18. The van der Waals surface area contributed by atoms with Crippen molar-refractivity contribution in [3.05, 3.63) is 51.7 Å². The van der Waals surface area contributed by atoms with E-state index < -0.39 is 10.0 Å². The molecule has 28 heavy (non-hydrogen) atoms. The van der Waals surface area contributed by atoms with Gasteiger partial charge >= 0.3 is 0 Å². The largest absolute Gasteiger partial charge is 0.331 e. The molecule has 2 aliphatic heterocycles. The minimum Gasteiger partial charge on any atom is -0.331 e. The van der Waals surface area contributed by atoms with Gasteiger partial charge in [-0.05, 0) is 68.3 Å². The summed E-state index contributed by atoms with van der Waals surface area (Å²) >= 11 is 1.74. The van der Waals surface area contributed by atoms with Gasteiger partial charge in [0.15, 0.2) is 0 Å². The maximum atomic E-state index is 13.2. The van der Waals surface area contributed by atoms with Crippen molar-refractivity contribution >= 4 is 27.3 Å². The van der Waals surface area contributed by atoms with Crippen molar-refractivity contribution in [1.82, 2.24) is 9.21 Å². The van der Waals surface area contributed by atoms with Gasteiger partial charge in [0.25, 0.3) is 5.91 Å². The molecule has 1 amide bonds. The Kier molecular flexibility index (Phi) is 5.33. The molecule has 150 valence electrons. The van der Waals surface area contributed by atoms with Crippen molar-refractivity contribution in [2.24, 2.45) is 0 Å². The highest BCUT2D eigenvalue weighted by Gasteiger charge is 2.33. The first-order valence-electron chi connectivity index (χ1n) is 9.88. The number of amides is 1. The minimum atomic E-state index is -3.59. The summed E-state index contributed by atoms with van der Waals surface area (Å²) in [6.07, 6.45) is 3.68. The monoisotopic (exact) mass is 418 g/mol. The first kappa shape index (κ1) is 19.6. The van der Waals surface area contributed by atoms with Crippen LogP contribution in [0.5, 0.6) is 0 Å². The van der Waals surface area contributed by atoms with Crippen molar-refractivity contribution in [3.63, 3.8) is 0 Å². The predicted octanol–water partition coefficient (Wildman–Crippen LogP) is 4.07. The number of carbonyl (C=O) groups is 1. The number of fused-ring (bicyclic) bond motifs is 1. The molecule has 4 rings (SSSR count). The van der Waals surface area contributed by atoms with Gasteiger partial charge in [-0.15, -0.1) is 11.3 Å². The smallest absolute Gasteiger partial charge is 0.254 e. The molecule has 1 saturated heterocycles. The van der Waals surface area contributed by atoms with Crippen LogP contribution in [0.15, 0.2) is 40.6 Å². The second-order valence-electron chi connectivity index (χ2n) is 7.71. The number of nitrogens with zero attached hydrogens (tertiary/aromatic N) is 2. The zero-order chi connectivity index (χ0) is 19.9. The Hall–Kier alpha value is -1.70. The number of thiophene rings is 1. The molecule has 0 unspecified atom stereocenters. The highest BCUT2D eigenvalue weighted by Crippen LogP contribution is 2.34. The SMILES string of the molecule is C[C@H]1c2ccsc2CCN1C(=O)c1cccc(S(=O)(=O)N2CCCC[C@@H]2C)c1. The lowest BCUT2D eigenvalue weighted by Crippen LogP contribution is -2.42. The van der Waals surface area contributed by atoms with E-state index in [0.29, 0.717) is 18.7 Å². The Morgan fingerprint density at radius 3 is 2.75 bits per heavy atom. The zero-order valence-electron chi connectivity index (χ0n) is 16.3. The third-order valence-corrected chi connectivity index (χ3v) is 8.97. The van der Waals surface area contributed by atoms with Crippen molar-refractivity contribution in [1.29, 1.82) is 0 Å². The molecular weight excluding hydrogens is 392 g/mol. The van der Waals surface area contributed by atoms with Crippen LogP contribution in [-0.4, -0.2) is 42.7 Å². The van der Waals surface area contributed by atoms with Gasteiger partial charge in [-0.25, -0.2) is 8.42 Å². The Labute approximate surface area is 171 Å². The van der Waals surface area contributed by atoms with Crippen LogP contribution < -0.4 is 0 Å². The number of piperidine rings is 1. The first-order valence-corrected chi connectivity index (χ1v) is 12.2. The van der Waals surface area contributed by atoms with Crippen LogP contribution >= 0.6 is 11.3 Å². The van der Waals surface area contributed by atoms with Crippen LogP contribution in [-0.2, 0) is 16.4 Å². The van der Waals surface area contributed by atoms with Gasteiger partial charge in [0.05, 0.1) is 10.9 Å². The van der Waals surface area contributed by atoms with E-state index in [0.717, 1.165) is 25.7 Å². The maximum absolute atomic E-state index is 13.2. The molecule has 5 nitrogen and oxygen atoms in total. The van der Waals surface area contributed by atoms with E-state index in [1.807, 2.05) is 18.7 Å². The lowest BCUT2D eigenvalue weighted by molar-refractivity contribution is 0.0679. The first-order chi connectivity index (χ1) is 13.4. The normalized spacial score (nSPS) is 23.4. The molecule has 1 fully saturated rings. The van der Waals surface area contributed by atoms with Crippen LogP contribution in [0.4, 0.5) is 0 Å². The van der Waals surface area contributed by atoms with E-state index in [2.05, 4.69) is 11.4 Å². The predicted molar refractivity (Wildman–Crippen MR) is 111 cm³/mol. The summed E-state index contributed by atoms with van der Waals surface area (Å²) < 4.78 is 27.9. The third kappa shape index (κ3) is 3.40. The molecule has 7 heteroatoms. The molecule has 0 aliphatic carbocycles. The maximum Gasteiger partial charge on any atom is 0.254 e. The van der Waals surface area contributed by atoms with Crippen molar-refractivity contribution < 1.29 is 13.2 Å². The van der Waals surface area contributed by atoms with Crippen molar-refractivity contribution in [3.8, 4) is 0 Å². The van der Waals surface area contributed by atoms with Gasteiger partial charge in [-0.2, -0.15) is 4.31 Å². The number of hydrogen-bond acceptors (Lipinski definition) is 4. The third-order valence-electron chi connectivity index (χ3n) is 5.97. The number of benzene rings is 1. The highest BCUT2D eigenvalue weighted by atomic mass is 32.2. The number of sulfonamides is 1. The molecule has 1 aromatic heterocycles. The van der Waals surface area contributed by atoms with Crippen LogP contribution in [0.25, 0.3) is 0 Å². The summed E-state index contributed by atoms with van der Waals surface area (Å²) in [7, 11) is -3.59. The lowest BCUT2D eigenvalue weighted by atomic mass is 10.0.